The largest absolute Gasteiger partial charge is 0.456 e. The molecule has 4 aliphatic carbocycles. The van der Waals surface area contributed by atoms with Gasteiger partial charge in [0.25, 0.3) is 6.71 Å². The molecule has 0 amide bonds. The minimum absolute atomic E-state index is 0.0114. The van der Waals surface area contributed by atoms with Crippen LogP contribution in [0, 0.1) is 12.3 Å². The van der Waals surface area contributed by atoms with Gasteiger partial charge in [-0.1, -0.05) is 170 Å². The molecule has 3 atom stereocenters. The van der Waals surface area contributed by atoms with E-state index in [0.717, 1.165) is 16.6 Å². The maximum atomic E-state index is 6.77. The summed E-state index contributed by atoms with van der Waals surface area (Å²) < 4.78 is 6.77. The van der Waals surface area contributed by atoms with Crippen LogP contribution in [-0.2, 0) is 32.5 Å². The Labute approximate surface area is 454 Å². The first-order valence-electron chi connectivity index (χ1n) is 29.2. The van der Waals surface area contributed by atoms with Crippen molar-refractivity contribution in [3.63, 3.8) is 0 Å². The van der Waals surface area contributed by atoms with Crippen LogP contribution < -0.4 is 26.2 Å². The third-order valence-corrected chi connectivity index (χ3v) is 21.6. The number of furan rings is 1. The van der Waals surface area contributed by atoms with Gasteiger partial charge in [-0.05, 0) is 204 Å². The Morgan fingerprint density at radius 3 is 1.86 bits per heavy atom. The number of hydrogen-bond donors (Lipinski definition) is 0. The molecule has 0 saturated heterocycles. The van der Waals surface area contributed by atoms with Gasteiger partial charge in [0.05, 0.1) is 11.1 Å². The van der Waals surface area contributed by atoms with Crippen molar-refractivity contribution in [3.8, 4) is 0 Å². The number of aryl methyl sites for hydroxylation is 1. The highest BCUT2D eigenvalue weighted by molar-refractivity contribution is 7.00. The van der Waals surface area contributed by atoms with Crippen LogP contribution in [0.1, 0.15) is 197 Å². The summed E-state index contributed by atoms with van der Waals surface area (Å²) in [6, 6.07) is 49.0. The van der Waals surface area contributed by atoms with Crippen molar-refractivity contribution in [1.29, 1.82) is 0 Å². The minimum Gasteiger partial charge on any atom is -0.456 e. The quantitative estimate of drug-likeness (QED) is 0.165. The molecular formula is C72H79BN2O. The molecule has 0 N–H and O–H groups in total. The summed E-state index contributed by atoms with van der Waals surface area (Å²) in [5, 5.41) is 2.32. The van der Waals surface area contributed by atoms with Crippen molar-refractivity contribution >= 4 is 79.2 Å². The number of anilines is 6. The van der Waals surface area contributed by atoms with E-state index >= 15 is 0 Å². The summed E-state index contributed by atoms with van der Waals surface area (Å²) >= 11 is 0. The molecule has 1 saturated carbocycles. The Bertz CT molecular complexity index is 3800. The summed E-state index contributed by atoms with van der Waals surface area (Å²) in [7, 11) is 0. The molecule has 0 radical (unpaired) electrons. The average Bonchev–Trinajstić information content (AvgIpc) is 4.05. The van der Waals surface area contributed by atoms with E-state index in [4.69, 9.17) is 4.42 Å². The first-order chi connectivity index (χ1) is 35.9. The van der Waals surface area contributed by atoms with E-state index in [2.05, 4.69) is 228 Å². The first-order valence-corrected chi connectivity index (χ1v) is 29.2. The van der Waals surface area contributed by atoms with Crippen LogP contribution in [0.5, 0.6) is 0 Å². The zero-order valence-corrected chi connectivity index (χ0v) is 48.2. The van der Waals surface area contributed by atoms with Crippen LogP contribution in [0.4, 0.5) is 34.1 Å². The maximum Gasteiger partial charge on any atom is 0.252 e. The molecule has 14 rings (SSSR count). The average molecular weight is 999 g/mol. The number of benzene rings is 7. The molecule has 0 bridgehead atoms. The molecule has 8 aromatic rings. The van der Waals surface area contributed by atoms with E-state index < -0.39 is 0 Å². The third-order valence-electron chi connectivity index (χ3n) is 21.6. The van der Waals surface area contributed by atoms with Crippen molar-refractivity contribution in [3.05, 3.63) is 171 Å². The Balaban J connectivity index is 1.08. The van der Waals surface area contributed by atoms with Crippen LogP contribution in [0.2, 0.25) is 0 Å². The second-order valence-corrected chi connectivity index (χ2v) is 29.1. The topological polar surface area (TPSA) is 19.6 Å². The Kier molecular flexibility index (Phi) is 9.93. The van der Waals surface area contributed by atoms with E-state index in [0.29, 0.717) is 0 Å². The van der Waals surface area contributed by atoms with Crippen LogP contribution in [0.25, 0.3) is 21.9 Å². The van der Waals surface area contributed by atoms with Gasteiger partial charge in [0.1, 0.15) is 11.2 Å². The zero-order chi connectivity index (χ0) is 53.0. The second kappa shape index (κ2) is 15.6. The number of rotatable bonds is 3. The van der Waals surface area contributed by atoms with Gasteiger partial charge in [0, 0.05) is 39.7 Å². The molecule has 6 aliphatic rings. The minimum atomic E-state index is 0.0114. The van der Waals surface area contributed by atoms with Gasteiger partial charge >= 0.3 is 0 Å². The van der Waals surface area contributed by atoms with Crippen molar-refractivity contribution < 1.29 is 4.42 Å². The Hall–Kier alpha value is -6.00. The van der Waals surface area contributed by atoms with Gasteiger partial charge in [-0.2, -0.15) is 0 Å². The standard InChI is InChI=1S/C72H79BN2O/c1-43-36-59-65-60(37-43)75(56-21-19-23-62-63(56)48-20-15-16-22-61(48)76-62)57-38-44(64-47-27-25-45(66(2,3)4)39-50(47)71(13)30-17-18-31-72(64,71)14)24-29-54(57)73(65)55-41-52-53(70(11,12)35-34-69(52,9)10)42-58(55)74(59)46-26-28-49-51(40-46)68(7,8)33-32-67(49,5)6/h15-16,19-29,36-42,64H,17-18,30-35H2,1-14H3. The van der Waals surface area contributed by atoms with E-state index in [1.807, 2.05) is 0 Å². The van der Waals surface area contributed by atoms with Crippen LogP contribution in [-0.4, -0.2) is 6.71 Å². The second-order valence-electron chi connectivity index (χ2n) is 29.1. The summed E-state index contributed by atoms with van der Waals surface area (Å²) in [6.45, 7) is 34.7. The van der Waals surface area contributed by atoms with Gasteiger partial charge < -0.3 is 14.2 Å². The van der Waals surface area contributed by atoms with Gasteiger partial charge in [0.15, 0.2) is 0 Å². The van der Waals surface area contributed by atoms with Gasteiger partial charge in [-0.15, -0.1) is 0 Å². The lowest BCUT2D eigenvalue weighted by Gasteiger charge is -2.49. The van der Waals surface area contributed by atoms with Crippen LogP contribution >= 0.6 is 0 Å². The fourth-order valence-electron chi connectivity index (χ4n) is 16.7. The number of hydrogen-bond acceptors (Lipinski definition) is 3. The summed E-state index contributed by atoms with van der Waals surface area (Å²) in [4.78, 5) is 5.41. The maximum absolute atomic E-state index is 6.77. The van der Waals surface area contributed by atoms with Gasteiger partial charge in [-0.25, -0.2) is 0 Å². The highest BCUT2D eigenvalue weighted by Crippen LogP contribution is 2.67. The molecule has 3 heterocycles. The molecule has 4 heteroatoms. The predicted octanol–water partition coefficient (Wildman–Crippen LogP) is 18.0. The molecule has 7 aromatic carbocycles. The van der Waals surface area contributed by atoms with E-state index in [9.17, 15) is 0 Å². The molecule has 1 fully saturated rings. The predicted molar refractivity (Wildman–Crippen MR) is 324 cm³/mol. The highest BCUT2D eigenvalue weighted by atomic mass is 16.3. The van der Waals surface area contributed by atoms with E-state index in [1.165, 1.54) is 152 Å². The smallest absolute Gasteiger partial charge is 0.252 e. The monoisotopic (exact) mass is 999 g/mol. The molecule has 3 unspecified atom stereocenters. The number of nitrogens with zero attached hydrogens (tertiary/aromatic N) is 2. The normalized spacial score (nSPS) is 24.1. The molecule has 2 aliphatic heterocycles. The summed E-state index contributed by atoms with van der Waals surface area (Å²) in [5.74, 6) is 0.261. The van der Waals surface area contributed by atoms with Gasteiger partial charge in [0.2, 0.25) is 0 Å². The van der Waals surface area contributed by atoms with Crippen LogP contribution in [0.3, 0.4) is 0 Å². The molecule has 386 valence electrons. The van der Waals surface area contributed by atoms with Gasteiger partial charge in [-0.3, -0.25) is 0 Å². The Morgan fingerprint density at radius 1 is 0.500 bits per heavy atom. The fourth-order valence-corrected chi connectivity index (χ4v) is 16.7. The van der Waals surface area contributed by atoms with Crippen molar-refractivity contribution in [2.24, 2.45) is 5.41 Å². The molecule has 76 heavy (non-hydrogen) atoms. The number of para-hydroxylation sites is 1. The summed E-state index contributed by atoms with van der Waals surface area (Å²) in [5.41, 5.74) is 27.5. The molecular weight excluding hydrogens is 920 g/mol. The Morgan fingerprint density at radius 2 is 1.13 bits per heavy atom. The van der Waals surface area contributed by atoms with E-state index in [1.54, 1.807) is 5.56 Å². The first kappa shape index (κ1) is 48.4. The zero-order valence-electron chi connectivity index (χ0n) is 48.2. The molecule has 0 spiro atoms. The lowest BCUT2D eigenvalue weighted by atomic mass is 9.33. The summed E-state index contributed by atoms with van der Waals surface area (Å²) in [6.07, 6.45) is 9.73. The molecule has 1 aromatic heterocycles. The van der Waals surface area contributed by atoms with Crippen molar-refractivity contribution in [2.45, 2.75) is 187 Å². The van der Waals surface area contributed by atoms with E-state index in [-0.39, 0.29) is 50.5 Å². The highest BCUT2D eigenvalue weighted by Gasteiger charge is 2.59. The lowest BCUT2D eigenvalue weighted by Crippen LogP contribution is -2.62. The van der Waals surface area contributed by atoms with Crippen molar-refractivity contribution in [2.75, 3.05) is 9.80 Å². The fraction of sp³-hybridized carbons (Fsp3) is 0.417. The third kappa shape index (κ3) is 6.54. The molecule has 3 nitrogen and oxygen atoms in total. The number of fused-ring (bicyclic) bond motifs is 12. The van der Waals surface area contributed by atoms with Crippen LogP contribution in [0.15, 0.2) is 126 Å². The lowest BCUT2D eigenvalue weighted by molar-refractivity contribution is 0.0923. The SMILES string of the molecule is Cc1cc2c3c(c1)N(c1cccc4oc5ccccc5c14)c1cc(C4c5ccc(C(C)(C)C)cc5C5(C)CCCCC45C)ccc1B3c1cc3c(cc1N2c1ccc2c(c1)C(C)(C)CCC2(C)C)C(C)(C)CCC3(C)C. The van der Waals surface area contributed by atoms with Crippen molar-refractivity contribution in [1.82, 2.24) is 0 Å².